The fourth-order valence-corrected chi connectivity index (χ4v) is 3.81. The minimum atomic E-state index is -3.82. The largest absolute Gasteiger partial charge is 0.493 e. The highest BCUT2D eigenvalue weighted by atomic mass is 79.9. The van der Waals surface area contributed by atoms with E-state index >= 15 is 0 Å². The number of nitrogens with two attached hydrogens (primary N) is 1. The number of methoxy groups -OCH3 is 1. The topological polar surface area (TPSA) is 98.9 Å². The highest BCUT2D eigenvalue weighted by molar-refractivity contribution is 9.10. The molecule has 0 spiro atoms. The third kappa shape index (κ3) is 4.84. The number of rotatable bonds is 7. The first kappa shape index (κ1) is 22.2. The van der Waals surface area contributed by atoms with Crippen molar-refractivity contribution in [1.29, 1.82) is 0 Å². The zero-order valence-electron chi connectivity index (χ0n) is 16.1. The van der Waals surface area contributed by atoms with Crippen molar-refractivity contribution in [2.75, 3.05) is 20.8 Å². The second-order valence-corrected chi connectivity index (χ2v) is 8.55. The van der Waals surface area contributed by atoms with E-state index in [4.69, 9.17) is 14.6 Å². The maximum atomic E-state index is 13.0. The molecule has 0 aliphatic heterocycles. The van der Waals surface area contributed by atoms with E-state index in [-0.39, 0.29) is 16.8 Å². The molecule has 152 valence electrons. The van der Waals surface area contributed by atoms with Crippen LogP contribution in [-0.4, -0.2) is 40.0 Å². The number of hydrogen-bond acceptors (Lipinski definition) is 5. The van der Waals surface area contributed by atoms with Gasteiger partial charge >= 0.3 is 0 Å². The Morgan fingerprint density at radius 1 is 1.29 bits per heavy atom. The van der Waals surface area contributed by atoms with E-state index in [1.807, 2.05) is 6.92 Å². The Morgan fingerprint density at radius 2 is 1.96 bits per heavy atom. The molecule has 0 aromatic heterocycles. The molecule has 9 heteroatoms. The first-order chi connectivity index (χ1) is 13.1. The number of nitrogens with zero attached hydrogens (tertiary/aromatic N) is 1. The standard InChI is InChI=1S/C19H23BrN2O5S/c1-5-27-18-16(20)10-14(11-17(18)26-4)19(23)22(3)12(2)13-7-6-8-15(9-13)28(21,24)25/h6-12H,5H2,1-4H3,(H2,21,24,25). The predicted octanol–water partition coefficient (Wildman–Crippen LogP) is 3.34. The smallest absolute Gasteiger partial charge is 0.254 e. The van der Waals surface area contributed by atoms with Gasteiger partial charge < -0.3 is 14.4 Å². The number of amides is 1. The van der Waals surface area contributed by atoms with E-state index in [0.29, 0.717) is 33.7 Å². The zero-order valence-corrected chi connectivity index (χ0v) is 18.5. The van der Waals surface area contributed by atoms with Gasteiger partial charge in [-0.15, -0.1) is 0 Å². The molecule has 28 heavy (non-hydrogen) atoms. The van der Waals surface area contributed by atoms with Gasteiger partial charge in [-0.25, -0.2) is 13.6 Å². The normalized spacial score (nSPS) is 12.4. The van der Waals surface area contributed by atoms with Gasteiger partial charge in [0.1, 0.15) is 0 Å². The molecule has 0 saturated heterocycles. The Labute approximate surface area is 173 Å². The Bertz CT molecular complexity index is 978. The van der Waals surface area contributed by atoms with Crippen LogP contribution in [0.15, 0.2) is 45.8 Å². The van der Waals surface area contributed by atoms with Crippen LogP contribution in [-0.2, 0) is 10.0 Å². The lowest BCUT2D eigenvalue weighted by Crippen LogP contribution is -2.30. The first-order valence-electron chi connectivity index (χ1n) is 8.50. The number of hydrogen-bond donors (Lipinski definition) is 1. The Kier molecular flexibility index (Phi) is 7.08. The van der Waals surface area contributed by atoms with Gasteiger partial charge in [0, 0.05) is 12.6 Å². The van der Waals surface area contributed by atoms with Gasteiger partial charge in [-0.1, -0.05) is 12.1 Å². The third-order valence-corrected chi connectivity index (χ3v) is 5.84. The van der Waals surface area contributed by atoms with Gasteiger partial charge in [0.15, 0.2) is 11.5 Å². The van der Waals surface area contributed by atoms with Gasteiger partial charge in [-0.05, 0) is 59.6 Å². The summed E-state index contributed by atoms with van der Waals surface area (Å²) in [6, 6.07) is 9.13. The molecule has 2 rings (SSSR count). The van der Waals surface area contributed by atoms with Crippen LogP contribution in [0.5, 0.6) is 11.5 Å². The molecule has 0 bridgehead atoms. The highest BCUT2D eigenvalue weighted by Crippen LogP contribution is 2.37. The molecule has 1 amide bonds. The number of primary sulfonamides is 1. The maximum absolute atomic E-state index is 13.0. The summed E-state index contributed by atoms with van der Waals surface area (Å²) >= 11 is 3.41. The summed E-state index contributed by atoms with van der Waals surface area (Å²) in [7, 11) is -0.672. The monoisotopic (exact) mass is 470 g/mol. The number of ether oxygens (including phenoxy) is 2. The van der Waals surface area contributed by atoms with Crippen molar-refractivity contribution in [2.45, 2.75) is 24.8 Å². The predicted molar refractivity (Wildman–Crippen MR) is 110 cm³/mol. The SMILES string of the molecule is CCOc1c(Br)cc(C(=O)N(C)C(C)c2cccc(S(N)(=O)=O)c2)cc1OC. The molecule has 2 aromatic rings. The van der Waals surface area contributed by atoms with Crippen LogP contribution < -0.4 is 14.6 Å². The fraction of sp³-hybridized carbons (Fsp3) is 0.316. The quantitative estimate of drug-likeness (QED) is 0.668. The number of carbonyl (C=O) groups excluding carboxylic acids is 1. The van der Waals surface area contributed by atoms with Crippen LogP contribution in [0.3, 0.4) is 0 Å². The van der Waals surface area contributed by atoms with E-state index in [0.717, 1.165) is 0 Å². The molecule has 0 fully saturated rings. The van der Waals surface area contributed by atoms with Crippen molar-refractivity contribution in [2.24, 2.45) is 5.14 Å². The molecular weight excluding hydrogens is 448 g/mol. The number of sulfonamides is 1. The maximum Gasteiger partial charge on any atom is 0.254 e. The summed E-state index contributed by atoms with van der Waals surface area (Å²) in [6.07, 6.45) is 0. The second kappa shape index (κ2) is 8.93. The highest BCUT2D eigenvalue weighted by Gasteiger charge is 2.23. The van der Waals surface area contributed by atoms with Crippen LogP contribution in [0.4, 0.5) is 0 Å². The van der Waals surface area contributed by atoms with Crippen molar-refractivity contribution in [3.63, 3.8) is 0 Å². The average molecular weight is 471 g/mol. The summed E-state index contributed by atoms with van der Waals surface area (Å²) in [4.78, 5) is 14.5. The average Bonchev–Trinajstić information content (AvgIpc) is 2.67. The van der Waals surface area contributed by atoms with Crippen LogP contribution in [0, 0.1) is 0 Å². The van der Waals surface area contributed by atoms with Gasteiger partial charge in [-0.2, -0.15) is 0 Å². The summed E-state index contributed by atoms with van der Waals surface area (Å²) in [6.45, 7) is 4.12. The van der Waals surface area contributed by atoms with Crippen LogP contribution in [0.1, 0.15) is 35.8 Å². The zero-order chi connectivity index (χ0) is 21.1. The van der Waals surface area contributed by atoms with E-state index in [9.17, 15) is 13.2 Å². The first-order valence-corrected chi connectivity index (χ1v) is 10.8. The van der Waals surface area contributed by atoms with Crippen molar-refractivity contribution in [3.8, 4) is 11.5 Å². The van der Waals surface area contributed by atoms with Crippen molar-refractivity contribution in [3.05, 3.63) is 52.0 Å². The lowest BCUT2D eigenvalue weighted by molar-refractivity contribution is 0.0742. The van der Waals surface area contributed by atoms with Crippen molar-refractivity contribution in [1.82, 2.24) is 4.90 Å². The molecule has 1 atom stereocenters. The third-order valence-electron chi connectivity index (χ3n) is 4.34. The van der Waals surface area contributed by atoms with Gasteiger partial charge in [0.05, 0.1) is 29.1 Å². The lowest BCUT2D eigenvalue weighted by Gasteiger charge is -2.26. The molecule has 2 N–H and O–H groups in total. The fourth-order valence-electron chi connectivity index (χ4n) is 2.68. The van der Waals surface area contributed by atoms with E-state index in [1.165, 1.54) is 24.1 Å². The summed E-state index contributed by atoms with van der Waals surface area (Å²) in [5.41, 5.74) is 1.06. The minimum Gasteiger partial charge on any atom is -0.493 e. The number of benzene rings is 2. The van der Waals surface area contributed by atoms with E-state index in [2.05, 4.69) is 15.9 Å². The summed E-state index contributed by atoms with van der Waals surface area (Å²) in [5, 5.41) is 5.20. The number of halogens is 1. The van der Waals surface area contributed by atoms with E-state index in [1.54, 1.807) is 38.2 Å². The van der Waals surface area contributed by atoms with Crippen LogP contribution in [0.2, 0.25) is 0 Å². The van der Waals surface area contributed by atoms with Gasteiger partial charge in [0.2, 0.25) is 10.0 Å². The molecule has 1 unspecified atom stereocenters. The Morgan fingerprint density at radius 3 is 2.54 bits per heavy atom. The molecule has 0 aliphatic carbocycles. The lowest BCUT2D eigenvalue weighted by atomic mass is 10.1. The minimum absolute atomic E-state index is 0.00294. The van der Waals surface area contributed by atoms with E-state index < -0.39 is 10.0 Å². The van der Waals surface area contributed by atoms with Crippen LogP contribution >= 0.6 is 15.9 Å². The molecule has 0 heterocycles. The molecule has 7 nitrogen and oxygen atoms in total. The molecule has 0 radical (unpaired) electrons. The molecule has 2 aromatic carbocycles. The van der Waals surface area contributed by atoms with Crippen molar-refractivity contribution >= 4 is 31.9 Å². The van der Waals surface area contributed by atoms with Gasteiger partial charge in [0.25, 0.3) is 5.91 Å². The Hall–Kier alpha value is -2.10. The second-order valence-electron chi connectivity index (χ2n) is 6.13. The van der Waals surface area contributed by atoms with Crippen molar-refractivity contribution < 1.29 is 22.7 Å². The van der Waals surface area contributed by atoms with Crippen LogP contribution in [0.25, 0.3) is 0 Å². The summed E-state index contributed by atoms with van der Waals surface area (Å²) < 4.78 is 34.7. The molecule has 0 saturated carbocycles. The van der Waals surface area contributed by atoms with Gasteiger partial charge in [-0.3, -0.25) is 4.79 Å². The Balaban J connectivity index is 2.35. The molecule has 0 aliphatic rings. The summed E-state index contributed by atoms with van der Waals surface area (Å²) in [5.74, 6) is 0.713. The molecular formula is C19H23BrN2O5S. The number of carbonyl (C=O) groups is 1.